The summed E-state index contributed by atoms with van der Waals surface area (Å²) in [6.45, 7) is 1.72. The highest BCUT2D eigenvalue weighted by Gasteiger charge is 2.05. The summed E-state index contributed by atoms with van der Waals surface area (Å²) in [5, 5.41) is 8.68. The van der Waals surface area contributed by atoms with Gasteiger partial charge in [-0.15, -0.1) is 11.6 Å². The first-order valence-corrected chi connectivity index (χ1v) is 2.71. The average Bonchev–Trinajstić information content (AvgIpc) is 1.65. The molecule has 0 fully saturated rings. The first kappa shape index (κ1) is 7.21. The van der Waals surface area contributed by atoms with Gasteiger partial charge < -0.3 is 10.8 Å². The smallest absolute Gasteiger partial charge is 0.0823 e. The van der Waals surface area contributed by atoms with Gasteiger partial charge in [-0.1, -0.05) is 0 Å². The molecule has 3 N–H and O–H groups in total. The van der Waals surface area contributed by atoms with E-state index in [4.69, 9.17) is 22.4 Å². The van der Waals surface area contributed by atoms with Gasteiger partial charge >= 0.3 is 0 Å². The molecule has 44 valence electrons. The molecule has 0 saturated carbocycles. The van der Waals surface area contributed by atoms with E-state index in [0.717, 1.165) is 0 Å². The lowest BCUT2D eigenvalue weighted by Gasteiger charge is -2.08. The molecule has 1 unspecified atom stereocenters. The number of nitrogens with two attached hydrogens (primary N) is 1. The van der Waals surface area contributed by atoms with Crippen LogP contribution in [0.4, 0.5) is 0 Å². The van der Waals surface area contributed by atoms with Crippen molar-refractivity contribution in [3.8, 4) is 0 Å². The predicted molar refractivity (Wildman–Crippen MR) is 30.4 cm³/mol. The number of hydrogen-bond donors (Lipinski definition) is 2. The Bertz CT molecular complexity index is 49.0. The Hall–Kier alpha value is 0.210. The van der Waals surface area contributed by atoms with Gasteiger partial charge in [-0.25, -0.2) is 0 Å². The van der Waals surface area contributed by atoms with Gasteiger partial charge in [0.25, 0.3) is 0 Å². The zero-order valence-electron chi connectivity index (χ0n) is 4.26. The molecule has 0 rings (SSSR count). The van der Waals surface area contributed by atoms with Gasteiger partial charge in [-0.2, -0.15) is 0 Å². The van der Waals surface area contributed by atoms with E-state index in [1.165, 1.54) is 0 Å². The Morgan fingerprint density at radius 1 is 1.86 bits per heavy atom. The highest BCUT2D eigenvalue weighted by molar-refractivity contribution is 6.18. The van der Waals surface area contributed by atoms with Gasteiger partial charge in [0, 0.05) is 11.9 Å². The zero-order chi connectivity index (χ0) is 5.86. The van der Waals surface area contributed by atoms with Crippen molar-refractivity contribution in [3.05, 3.63) is 0 Å². The molecule has 0 spiro atoms. The topological polar surface area (TPSA) is 46.2 Å². The second-order valence-corrected chi connectivity index (χ2v) is 1.89. The van der Waals surface area contributed by atoms with E-state index < -0.39 is 6.10 Å². The number of rotatable bonds is 2. The molecule has 2 nitrogen and oxygen atoms in total. The van der Waals surface area contributed by atoms with Gasteiger partial charge in [0.05, 0.1) is 6.10 Å². The second kappa shape index (κ2) is 3.24. The third-order valence-corrected chi connectivity index (χ3v) is 1.08. The van der Waals surface area contributed by atoms with Gasteiger partial charge in [0.1, 0.15) is 0 Å². The minimum Gasteiger partial charge on any atom is -0.390 e. The van der Waals surface area contributed by atoms with Crippen LogP contribution in [-0.4, -0.2) is 23.1 Å². The number of aliphatic hydroxyl groups is 1. The molecule has 7 heavy (non-hydrogen) atoms. The van der Waals surface area contributed by atoms with Crippen LogP contribution in [-0.2, 0) is 0 Å². The minimum atomic E-state index is -0.554. The third-order valence-electron chi connectivity index (χ3n) is 0.765. The van der Waals surface area contributed by atoms with E-state index in [1.54, 1.807) is 6.92 Å². The molecule has 0 aliphatic heterocycles. The Morgan fingerprint density at radius 2 is 2.29 bits per heavy atom. The summed E-state index contributed by atoms with van der Waals surface area (Å²) in [6, 6.07) is -0.211. The first-order chi connectivity index (χ1) is 3.18. The SMILES string of the molecule is C[C@H](N)C(O)CCl. The summed E-state index contributed by atoms with van der Waals surface area (Å²) >= 11 is 5.22. The maximum Gasteiger partial charge on any atom is 0.0823 e. The van der Waals surface area contributed by atoms with Crippen molar-refractivity contribution in [1.29, 1.82) is 0 Å². The number of aliphatic hydroxyl groups excluding tert-OH is 1. The molecule has 0 bridgehead atoms. The fourth-order valence-corrected chi connectivity index (χ4v) is 0.422. The van der Waals surface area contributed by atoms with Crippen molar-refractivity contribution in [2.45, 2.75) is 19.1 Å². The number of halogens is 1. The fourth-order valence-electron chi connectivity index (χ4n) is 0.141. The highest BCUT2D eigenvalue weighted by atomic mass is 35.5. The van der Waals surface area contributed by atoms with Crippen LogP contribution < -0.4 is 5.73 Å². The number of alkyl halides is 1. The van der Waals surface area contributed by atoms with E-state index in [9.17, 15) is 0 Å². The van der Waals surface area contributed by atoms with E-state index in [0.29, 0.717) is 0 Å². The fraction of sp³-hybridized carbons (Fsp3) is 1.00. The van der Waals surface area contributed by atoms with Gasteiger partial charge in [-0.05, 0) is 6.92 Å². The predicted octanol–water partition coefficient (Wildman–Crippen LogP) is -0.0667. The molecular weight excluding hydrogens is 114 g/mol. The minimum absolute atomic E-state index is 0.211. The molecule has 0 aliphatic carbocycles. The lowest BCUT2D eigenvalue weighted by atomic mass is 10.2. The molecule has 0 saturated heterocycles. The summed E-state index contributed by atoms with van der Waals surface area (Å²) in [5.41, 5.74) is 5.21. The summed E-state index contributed by atoms with van der Waals surface area (Å²) in [4.78, 5) is 0. The van der Waals surface area contributed by atoms with E-state index in [1.807, 2.05) is 0 Å². The molecule has 2 atom stereocenters. The average molecular weight is 124 g/mol. The van der Waals surface area contributed by atoms with Crippen molar-refractivity contribution < 1.29 is 5.11 Å². The van der Waals surface area contributed by atoms with Crippen LogP contribution in [0, 0.1) is 0 Å². The molecule has 0 aliphatic rings. The molecule has 0 aromatic heterocycles. The van der Waals surface area contributed by atoms with E-state index >= 15 is 0 Å². The summed E-state index contributed by atoms with van der Waals surface area (Å²) in [7, 11) is 0. The molecule has 0 aromatic rings. The van der Waals surface area contributed by atoms with Crippen LogP contribution in [0.2, 0.25) is 0 Å². The van der Waals surface area contributed by atoms with Crippen LogP contribution in [0.15, 0.2) is 0 Å². The highest BCUT2D eigenvalue weighted by Crippen LogP contribution is 1.89. The maximum atomic E-state index is 8.68. The molecule has 0 radical (unpaired) electrons. The number of hydrogen-bond acceptors (Lipinski definition) is 2. The molecule has 0 aromatic carbocycles. The van der Waals surface area contributed by atoms with Crippen LogP contribution in [0.5, 0.6) is 0 Å². The monoisotopic (exact) mass is 123 g/mol. The van der Waals surface area contributed by atoms with Gasteiger partial charge in [-0.3, -0.25) is 0 Å². The largest absolute Gasteiger partial charge is 0.390 e. The normalized spacial score (nSPS) is 18.9. The Balaban J connectivity index is 3.14. The van der Waals surface area contributed by atoms with Gasteiger partial charge in [0.2, 0.25) is 0 Å². The standard InChI is InChI=1S/C4H10ClNO/c1-3(6)4(7)2-5/h3-4,7H,2,6H2,1H3/t3-,4?/m0/s1. The quantitative estimate of drug-likeness (QED) is 0.505. The lowest BCUT2D eigenvalue weighted by Crippen LogP contribution is -2.32. The van der Waals surface area contributed by atoms with Crippen molar-refractivity contribution in [2.75, 3.05) is 5.88 Å². The van der Waals surface area contributed by atoms with Crippen LogP contribution in [0.1, 0.15) is 6.92 Å². The van der Waals surface area contributed by atoms with Crippen molar-refractivity contribution in [2.24, 2.45) is 5.73 Å². The Labute approximate surface area is 48.3 Å². The zero-order valence-corrected chi connectivity index (χ0v) is 5.02. The summed E-state index contributed by atoms with van der Waals surface area (Å²) in [6.07, 6.45) is -0.554. The summed E-state index contributed by atoms with van der Waals surface area (Å²) < 4.78 is 0. The van der Waals surface area contributed by atoms with Gasteiger partial charge in [0.15, 0.2) is 0 Å². The van der Waals surface area contributed by atoms with Crippen molar-refractivity contribution in [1.82, 2.24) is 0 Å². The Kier molecular flexibility index (Phi) is 3.34. The molecule has 0 heterocycles. The first-order valence-electron chi connectivity index (χ1n) is 2.18. The van der Waals surface area contributed by atoms with E-state index in [-0.39, 0.29) is 11.9 Å². The second-order valence-electron chi connectivity index (χ2n) is 1.58. The van der Waals surface area contributed by atoms with E-state index in [2.05, 4.69) is 0 Å². The Morgan fingerprint density at radius 3 is 2.29 bits per heavy atom. The third kappa shape index (κ3) is 2.85. The van der Waals surface area contributed by atoms with Crippen molar-refractivity contribution in [3.63, 3.8) is 0 Å². The van der Waals surface area contributed by atoms with Crippen LogP contribution in [0.25, 0.3) is 0 Å². The molecule has 3 heteroatoms. The van der Waals surface area contributed by atoms with Crippen molar-refractivity contribution >= 4 is 11.6 Å². The lowest BCUT2D eigenvalue weighted by molar-refractivity contribution is 0.174. The summed E-state index contributed by atoms with van der Waals surface area (Å²) in [5.74, 6) is 0.220. The van der Waals surface area contributed by atoms with Crippen LogP contribution in [0.3, 0.4) is 0 Å². The van der Waals surface area contributed by atoms with Crippen LogP contribution >= 0.6 is 11.6 Å². The molecular formula is C4H10ClNO. The molecule has 0 amide bonds. The maximum absolute atomic E-state index is 8.68.